The van der Waals surface area contributed by atoms with Crippen LogP contribution in [0.4, 0.5) is 5.69 Å². The van der Waals surface area contributed by atoms with Gasteiger partial charge < -0.3 is 5.32 Å². The fraction of sp³-hybridized carbons (Fsp3) is 0.429. The van der Waals surface area contributed by atoms with E-state index in [0.29, 0.717) is 5.41 Å². The Morgan fingerprint density at radius 2 is 2.22 bits per heavy atom. The highest BCUT2D eigenvalue weighted by Crippen LogP contribution is 2.51. The molecule has 1 saturated carbocycles. The Kier molecular flexibility index (Phi) is 2.77. The summed E-state index contributed by atoms with van der Waals surface area (Å²) >= 11 is 3.42. The summed E-state index contributed by atoms with van der Waals surface area (Å²) in [6, 6.07) is 3.99. The number of hydrogen-bond donors (Lipinski definition) is 1. The van der Waals surface area contributed by atoms with Gasteiger partial charge >= 0.3 is 0 Å². The molecule has 3 nitrogen and oxygen atoms in total. The third-order valence-corrected chi connectivity index (χ3v) is 4.23. The smallest absolute Gasteiger partial charge is 0.112 e. The van der Waals surface area contributed by atoms with Gasteiger partial charge in [-0.3, -0.25) is 9.97 Å². The SMILES string of the molecule is CC1(C)CC1CNc1ccnc2cc(Br)cnc12. The molecule has 0 aliphatic heterocycles. The molecule has 1 aliphatic carbocycles. The molecule has 1 aliphatic rings. The largest absolute Gasteiger partial charge is 0.383 e. The molecule has 2 heterocycles. The Morgan fingerprint density at radius 3 is 2.94 bits per heavy atom. The molecule has 94 valence electrons. The molecule has 0 amide bonds. The highest BCUT2D eigenvalue weighted by Gasteiger charge is 2.44. The van der Waals surface area contributed by atoms with E-state index < -0.39 is 0 Å². The first-order valence-corrected chi connectivity index (χ1v) is 7.00. The van der Waals surface area contributed by atoms with Crippen LogP contribution in [0.25, 0.3) is 11.0 Å². The van der Waals surface area contributed by atoms with Crippen LogP contribution < -0.4 is 5.32 Å². The van der Waals surface area contributed by atoms with Crippen LogP contribution in [0.5, 0.6) is 0 Å². The van der Waals surface area contributed by atoms with Crippen molar-refractivity contribution in [2.75, 3.05) is 11.9 Å². The molecule has 0 radical (unpaired) electrons. The van der Waals surface area contributed by atoms with E-state index in [9.17, 15) is 0 Å². The molecule has 4 heteroatoms. The Labute approximate surface area is 115 Å². The minimum atomic E-state index is 0.506. The summed E-state index contributed by atoms with van der Waals surface area (Å²) in [7, 11) is 0. The van der Waals surface area contributed by atoms with E-state index in [1.165, 1.54) is 6.42 Å². The predicted octanol–water partition coefficient (Wildman–Crippen LogP) is 3.85. The molecule has 1 atom stereocenters. The molecular formula is C14H16BrN3. The fourth-order valence-electron chi connectivity index (χ4n) is 2.31. The van der Waals surface area contributed by atoms with E-state index in [0.717, 1.165) is 33.7 Å². The summed E-state index contributed by atoms with van der Waals surface area (Å²) in [5, 5.41) is 3.51. The minimum absolute atomic E-state index is 0.506. The Bertz CT molecular complexity index is 595. The molecule has 0 bridgehead atoms. The zero-order valence-corrected chi connectivity index (χ0v) is 12.2. The van der Waals surface area contributed by atoms with Gasteiger partial charge in [-0.15, -0.1) is 0 Å². The van der Waals surface area contributed by atoms with Gasteiger partial charge in [0.15, 0.2) is 0 Å². The van der Waals surface area contributed by atoms with E-state index in [4.69, 9.17) is 0 Å². The average molecular weight is 306 g/mol. The summed E-state index contributed by atoms with van der Waals surface area (Å²) in [4.78, 5) is 8.79. The van der Waals surface area contributed by atoms with Crippen molar-refractivity contribution in [2.45, 2.75) is 20.3 Å². The molecule has 18 heavy (non-hydrogen) atoms. The van der Waals surface area contributed by atoms with Gasteiger partial charge in [0.1, 0.15) is 5.52 Å². The highest BCUT2D eigenvalue weighted by atomic mass is 79.9. The van der Waals surface area contributed by atoms with Crippen LogP contribution in [0.2, 0.25) is 0 Å². The zero-order valence-electron chi connectivity index (χ0n) is 10.6. The Balaban J connectivity index is 1.83. The Hall–Kier alpha value is -1.16. The van der Waals surface area contributed by atoms with Crippen molar-refractivity contribution in [3.05, 3.63) is 29.0 Å². The molecule has 1 unspecified atom stereocenters. The minimum Gasteiger partial charge on any atom is -0.383 e. The van der Waals surface area contributed by atoms with Gasteiger partial charge in [0.05, 0.1) is 11.2 Å². The molecule has 1 fully saturated rings. The van der Waals surface area contributed by atoms with E-state index in [1.807, 2.05) is 24.5 Å². The number of halogens is 1. The number of anilines is 1. The van der Waals surface area contributed by atoms with Gasteiger partial charge in [0.25, 0.3) is 0 Å². The fourth-order valence-corrected chi connectivity index (χ4v) is 2.63. The highest BCUT2D eigenvalue weighted by molar-refractivity contribution is 9.10. The molecule has 2 aromatic heterocycles. The molecule has 0 aromatic carbocycles. The van der Waals surface area contributed by atoms with Gasteiger partial charge in [0, 0.05) is 23.4 Å². The normalized spacial score (nSPS) is 20.9. The van der Waals surface area contributed by atoms with Crippen molar-refractivity contribution in [1.82, 2.24) is 9.97 Å². The third-order valence-electron chi connectivity index (χ3n) is 3.80. The molecule has 3 rings (SSSR count). The van der Waals surface area contributed by atoms with E-state index >= 15 is 0 Å². The first kappa shape index (κ1) is 11.9. The summed E-state index contributed by atoms with van der Waals surface area (Å²) in [5.74, 6) is 0.774. The maximum Gasteiger partial charge on any atom is 0.112 e. The van der Waals surface area contributed by atoms with Crippen molar-refractivity contribution in [2.24, 2.45) is 11.3 Å². The molecule has 2 aromatic rings. The van der Waals surface area contributed by atoms with E-state index in [2.05, 4.69) is 45.1 Å². The van der Waals surface area contributed by atoms with Crippen molar-refractivity contribution in [3.8, 4) is 0 Å². The van der Waals surface area contributed by atoms with Crippen LogP contribution in [0.3, 0.4) is 0 Å². The van der Waals surface area contributed by atoms with Gasteiger partial charge in [-0.05, 0) is 45.8 Å². The van der Waals surface area contributed by atoms with E-state index in [-0.39, 0.29) is 0 Å². The lowest BCUT2D eigenvalue weighted by Gasteiger charge is -2.09. The van der Waals surface area contributed by atoms with Crippen LogP contribution in [0.15, 0.2) is 29.0 Å². The molecule has 1 N–H and O–H groups in total. The first-order valence-electron chi connectivity index (χ1n) is 6.20. The lowest BCUT2D eigenvalue weighted by Crippen LogP contribution is -2.08. The van der Waals surface area contributed by atoms with Crippen LogP contribution in [0.1, 0.15) is 20.3 Å². The summed E-state index contributed by atoms with van der Waals surface area (Å²) in [6.45, 7) is 5.66. The number of hydrogen-bond acceptors (Lipinski definition) is 3. The van der Waals surface area contributed by atoms with Gasteiger partial charge in [-0.1, -0.05) is 13.8 Å². The topological polar surface area (TPSA) is 37.8 Å². The van der Waals surface area contributed by atoms with Crippen molar-refractivity contribution < 1.29 is 0 Å². The van der Waals surface area contributed by atoms with Crippen molar-refractivity contribution in [3.63, 3.8) is 0 Å². The summed E-state index contributed by atoms with van der Waals surface area (Å²) in [5.41, 5.74) is 3.45. The quantitative estimate of drug-likeness (QED) is 0.936. The van der Waals surface area contributed by atoms with Crippen molar-refractivity contribution >= 4 is 32.7 Å². The average Bonchev–Trinajstić information content (AvgIpc) is 2.94. The second-order valence-electron chi connectivity index (χ2n) is 5.65. The van der Waals surface area contributed by atoms with Crippen LogP contribution >= 0.6 is 15.9 Å². The van der Waals surface area contributed by atoms with E-state index in [1.54, 1.807) is 0 Å². The molecular weight excluding hydrogens is 290 g/mol. The maximum atomic E-state index is 4.44. The third kappa shape index (κ3) is 2.21. The number of nitrogens with one attached hydrogen (secondary N) is 1. The predicted molar refractivity (Wildman–Crippen MR) is 77.6 cm³/mol. The second-order valence-corrected chi connectivity index (χ2v) is 6.57. The maximum absolute atomic E-state index is 4.44. The number of fused-ring (bicyclic) bond motifs is 1. The second kappa shape index (κ2) is 4.19. The van der Waals surface area contributed by atoms with Gasteiger partial charge in [0.2, 0.25) is 0 Å². The number of nitrogens with zero attached hydrogens (tertiary/aromatic N) is 2. The van der Waals surface area contributed by atoms with Crippen molar-refractivity contribution in [1.29, 1.82) is 0 Å². The number of pyridine rings is 2. The van der Waals surface area contributed by atoms with Crippen LogP contribution in [0, 0.1) is 11.3 Å². The zero-order chi connectivity index (χ0) is 12.8. The lowest BCUT2D eigenvalue weighted by molar-refractivity contribution is 0.573. The standard InChI is InChI=1S/C14H16BrN3/c1-14(2)6-9(14)7-17-11-3-4-16-12-5-10(15)8-18-13(11)12/h3-5,8-9H,6-7H2,1-2H3,(H,16,17). The summed E-state index contributed by atoms with van der Waals surface area (Å²) < 4.78 is 0.961. The van der Waals surface area contributed by atoms with Gasteiger partial charge in [-0.25, -0.2) is 0 Å². The van der Waals surface area contributed by atoms with Crippen LogP contribution in [-0.4, -0.2) is 16.5 Å². The monoisotopic (exact) mass is 305 g/mol. The Morgan fingerprint density at radius 1 is 1.44 bits per heavy atom. The number of aromatic nitrogens is 2. The summed E-state index contributed by atoms with van der Waals surface area (Å²) in [6.07, 6.45) is 4.95. The van der Waals surface area contributed by atoms with Crippen LogP contribution in [-0.2, 0) is 0 Å². The molecule has 0 spiro atoms. The van der Waals surface area contributed by atoms with Gasteiger partial charge in [-0.2, -0.15) is 0 Å². The molecule has 0 saturated heterocycles. The first-order chi connectivity index (χ1) is 8.56. The number of rotatable bonds is 3. The lowest BCUT2D eigenvalue weighted by atomic mass is 10.1.